The van der Waals surface area contributed by atoms with Gasteiger partial charge in [0.15, 0.2) is 11.5 Å². The van der Waals surface area contributed by atoms with Crippen LogP contribution in [0, 0.1) is 0 Å². The molecule has 5 aromatic rings. The molecule has 0 aliphatic rings. The van der Waals surface area contributed by atoms with Crippen molar-refractivity contribution in [2.75, 3.05) is 4.72 Å². The van der Waals surface area contributed by atoms with E-state index in [9.17, 15) is 8.42 Å². The van der Waals surface area contributed by atoms with E-state index < -0.39 is 10.0 Å². The van der Waals surface area contributed by atoms with Gasteiger partial charge in [-0.15, -0.1) is 10.2 Å². The van der Waals surface area contributed by atoms with Crippen molar-refractivity contribution in [1.82, 2.24) is 24.8 Å². The van der Waals surface area contributed by atoms with Gasteiger partial charge in [0.25, 0.3) is 10.0 Å². The Morgan fingerprint density at radius 1 is 0.844 bits per heavy atom. The smallest absolute Gasteiger partial charge is 0.261 e. The molecule has 0 spiro atoms. The van der Waals surface area contributed by atoms with Crippen molar-refractivity contribution < 1.29 is 8.42 Å². The van der Waals surface area contributed by atoms with Gasteiger partial charge < -0.3 is 0 Å². The lowest BCUT2D eigenvalue weighted by atomic mass is 10.1. The van der Waals surface area contributed by atoms with Gasteiger partial charge in [-0.1, -0.05) is 23.7 Å². The van der Waals surface area contributed by atoms with E-state index in [4.69, 9.17) is 11.6 Å². The highest BCUT2D eigenvalue weighted by Gasteiger charge is 2.15. The normalized spacial score (nSPS) is 11.5. The molecule has 1 N–H and O–H groups in total. The summed E-state index contributed by atoms with van der Waals surface area (Å²) < 4.78 is 29.7. The predicted molar refractivity (Wildman–Crippen MR) is 122 cm³/mol. The molecule has 8 nitrogen and oxygen atoms in total. The van der Waals surface area contributed by atoms with E-state index in [0.29, 0.717) is 27.9 Å². The maximum absolute atomic E-state index is 12.7. The molecule has 3 aromatic heterocycles. The van der Waals surface area contributed by atoms with Crippen LogP contribution in [-0.2, 0) is 10.0 Å². The Hall–Kier alpha value is -3.82. The zero-order valence-electron chi connectivity index (χ0n) is 16.4. The lowest BCUT2D eigenvalue weighted by Crippen LogP contribution is -2.12. The van der Waals surface area contributed by atoms with Crippen molar-refractivity contribution in [2.45, 2.75) is 4.90 Å². The fourth-order valence-corrected chi connectivity index (χ4v) is 4.37. The molecule has 2 aromatic carbocycles. The molecule has 0 saturated carbocycles. The van der Waals surface area contributed by atoms with Crippen molar-refractivity contribution in [1.29, 1.82) is 0 Å². The van der Waals surface area contributed by atoms with E-state index in [1.165, 1.54) is 24.3 Å². The zero-order chi connectivity index (χ0) is 22.1. The number of aromatic nitrogens is 5. The fourth-order valence-electron chi connectivity index (χ4n) is 3.19. The topological polar surface area (TPSA) is 102 Å². The Balaban J connectivity index is 1.50. The molecule has 10 heteroatoms. The van der Waals surface area contributed by atoms with Gasteiger partial charge >= 0.3 is 0 Å². The van der Waals surface area contributed by atoms with Crippen LogP contribution < -0.4 is 4.72 Å². The summed E-state index contributed by atoms with van der Waals surface area (Å²) in [6, 6.07) is 20.3. The minimum absolute atomic E-state index is 0.123. The Labute approximate surface area is 188 Å². The highest BCUT2D eigenvalue weighted by atomic mass is 35.5. The molecule has 0 unspecified atom stereocenters. The number of nitrogens with one attached hydrogen (secondary N) is 1. The van der Waals surface area contributed by atoms with E-state index >= 15 is 0 Å². The van der Waals surface area contributed by atoms with E-state index in [2.05, 4.69) is 25.0 Å². The van der Waals surface area contributed by atoms with Gasteiger partial charge in [0, 0.05) is 34.2 Å². The first kappa shape index (κ1) is 20.1. The number of anilines is 1. The van der Waals surface area contributed by atoms with Crippen LogP contribution in [-0.4, -0.2) is 33.2 Å². The van der Waals surface area contributed by atoms with Crippen LogP contribution in [0.3, 0.4) is 0 Å². The number of nitrogens with zero attached hydrogens (tertiary/aromatic N) is 5. The SMILES string of the molecule is O=S(=O)(Nc1cccc(-c2ccc3nnc(-c4ccncc4)n3n2)c1)c1ccc(Cl)cc1. The summed E-state index contributed by atoms with van der Waals surface area (Å²) in [5, 5.41) is 13.5. The van der Waals surface area contributed by atoms with Crippen LogP contribution >= 0.6 is 11.6 Å². The van der Waals surface area contributed by atoms with E-state index in [1.807, 2.05) is 30.3 Å². The average molecular weight is 463 g/mol. The molecule has 0 radical (unpaired) electrons. The molecular formula is C22H15ClN6O2S. The summed E-state index contributed by atoms with van der Waals surface area (Å²) in [6.07, 6.45) is 3.35. The first-order valence-electron chi connectivity index (χ1n) is 9.51. The van der Waals surface area contributed by atoms with Crippen LogP contribution in [0.4, 0.5) is 5.69 Å². The molecule has 3 heterocycles. The minimum Gasteiger partial charge on any atom is -0.280 e. The number of rotatable bonds is 5. The molecule has 0 aliphatic carbocycles. The number of halogens is 1. The summed E-state index contributed by atoms with van der Waals surface area (Å²) in [5.74, 6) is 0.587. The Bertz CT molecular complexity index is 1520. The Kier molecular flexibility index (Phi) is 5.04. The quantitative estimate of drug-likeness (QED) is 0.417. The summed E-state index contributed by atoms with van der Waals surface area (Å²) in [7, 11) is -3.76. The first-order valence-corrected chi connectivity index (χ1v) is 11.4. The number of hydrogen-bond donors (Lipinski definition) is 1. The highest BCUT2D eigenvalue weighted by Crippen LogP contribution is 2.25. The zero-order valence-corrected chi connectivity index (χ0v) is 18.0. The van der Waals surface area contributed by atoms with E-state index in [0.717, 1.165) is 11.1 Å². The fraction of sp³-hybridized carbons (Fsp3) is 0. The monoisotopic (exact) mass is 462 g/mol. The molecule has 0 bridgehead atoms. The van der Waals surface area contributed by atoms with Gasteiger partial charge in [0.1, 0.15) is 0 Å². The van der Waals surface area contributed by atoms with Crippen molar-refractivity contribution in [3.05, 3.63) is 90.2 Å². The number of pyridine rings is 1. The number of hydrogen-bond acceptors (Lipinski definition) is 6. The summed E-state index contributed by atoms with van der Waals surface area (Å²) in [6.45, 7) is 0. The average Bonchev–Trinajstić information content (AvgIpc) is 3.23. The first-order chi connectivity index (χ1) is 15.5. The maximum atomic E-state index is 12.7. The maximum Gasteiger partial charge on any atom is 0.261 e. The van der Waals surface area contributed by atoms with Gasteiger partial charge in [0.05, 0.1) is 10.6 Å². The Morgan fingerprint density at radius 3 is 2.41 bits per heavy atom. The van der Waals surface area contributed by atoms with Crippen LogP contribution in [0.25, 0.3) is 28.3 Å². The third kappa shape index (κ3) is 3.91. The van der Waals surface area contributed by atoms with Crippen LogP contribution in [0.15, 0.2) is 90.1 Å². The highest BCUT2D eigenvalue weighted by molar-refractivity contribution is 7.92. The Morgan fingerprint density at radius 2 is 1.62 bits per heavy atom. The molecule has 158 valence electrons. The van der Waals surface area contributed by atoms with Crippen molar-refractivity contribution in [3.8, 4) is 22.6 Å². The van der Waals surface area contributed by atoms with E-state index in [-0.39, 0.29) is 4.90 Å². The van der Waals surface area contributed by atoms with Crippen molar-refractivity contribution >= 4 is 33.0 Å². The largest absolute Gasteiger partial charge is 0.280 e. The second kappa shape index (κ2) is 8.03. The second-order valence-corrected chi connectivity index (χ2v) is 9.01. The molecule has 0 atom stereocenters. The van der Waals surface area contributed by atoms with E-state index in [1.54, 1.807) is 35.1 Å². The standard InChI is InChI=1S/C22H15ClN6O2S/c23-17-4-6-19(7-5-17)32(30,31)28-18-3-1-2-16(14-18)20-8-9-21-25-26-22(29(21)27-20)15-10-12-24-13-11-15/h1-14,28H. The van der Waals surface area contributed by atoms with Crippen molar-refractivity contribution in [3.63, 3.8) is 0 Å². The molecule has 0 amide bonds. The number of fused-ring (bicyclic) bond motifs is 1. The molecule has 0 aliphatic heterocycles. The van der Waals surface area contributed by atoms with Crippen LogP contribution in [0.5, 0.6) is 0 Å². The molecule has 32 heavy (non-hydrogen) atoms. The summed E-state index contributed by atoms with van der Waals surface area (Å²) >= 11 is 5.86. The summed E-state index contributed by atoms with van der Waals surface area (Å²) in [4.78, 5) is 4.15. The number of benzene rings is 2. The van der Waals surface area contributed by atoms with Crippen LogP contribution in [0.2, 0.25) is 5.02 Å². The molecular weight excluding hydrogens is 448 g/mol. The molecule has 0 saturated heterocycles. The molecule has 0 fully saturated rings. The van der Waals surface area contributed by atoms with Crippen LogP contribution in [0.1, 0.15) is 0 Å². The third-order valence-corrected chi connectivity index (χ3v) is 6.39. The molecule has 5 rings (SSSR count). The van der Waals surface area contributed by atoms with Gasteiger partial charge in [-0.25, -0.2) is 8.42 Å². The lowest BCUT2D eigenvalue weighted by molar-refractivity contribution is 0.601. The summed E-state index contributed by atoms with van der Waals surface area (Å²) in [5.41, 5.74) is 3.22. The minimum atomic E-state index is -3.76. The van der Waals surface area contributed by atoms with Gasteiger partial charge in [-0.3, -0.25) is 9.71 Å². The number of sulfonamides is 1. The predicted octanol–water partition coefficient (Wildman–Crippen LogP) is 4.31. The lowest BCUT2D eigenvalue weighted by Gasteiger charge is -2.10. The van der Waals surface area contributed by atoms with Gasteiger partial charge in [-0.2, -0.15) is 9.61 Å². The van der Waals surface area contributed by atoms with Crippen molar-refractivity contribution in [2.24, 2.45) is 0 Å². The second-order valence-electron chi connectivity index (χ2n) is 6.89. The van der Waals surface area contributed by atoms with Gasteiger partial charge in [0.2, 0.25) is 0 Å². The van der Waals surface area contributed by atoms with Gasteiger partial charge in [-0.05, 0) is 60.7 Å². The third-order valence-electron chi connectivity index (χ3n) is 4.74.